The molecule has 0 amide bonds. The largest absolute Gasteiger partial charge is 0.308 e. The van der Waals surface area contributed by atoms with Gasteiger partial charge in [-0.15, -0.1) is 0 Å². The Morgan fingerprint density at radius 1 is 0.514 bits per heavy atom. The molecule has 164 valence electrons. The number of benzene rings is 4. The molecule has 9 rings (SSSR count). The zero-order valence-corrected chi connectivity index (χ0v) is 19.3. The van der Waals surface area contributed by atoms with Gasteiger partial charge in [0.2, 0.25) is 0 Å². The van der Waals surface area contributed by atoms with Crippen molar-refractivity contribution in [2.45, 2.75) is 25.7 Å². The average molecular weight is 447 g/mol. The molecule has 35 heavy (non-hydrogen) atoms. The maximum atomic E-state index is 4.91. The predicted octanol–water partition coefficient (Wildman–Crippen LogP) is 7.50. The van der Waals surface area contributed by atoms with Crippen molar-refractivity contribution >= 4 is 17.1 Å². The maximum Gasteiger partial charge on any atom is 0.0716 e. The summed E-state index contributed by atoms with van der Waals surface area (Å²) in [5, 5.41) is 0. The highest BCUT2D eigenvalue weighted by Crippen LogP contribution is 2.55. The first-order valence-corrected chi connectivity index (χ1v) is 12.6. The summed E-state index contributed by atoms with van der Waals surface area (Å²) >= 11 is 0. The minimum Gasteiger partial charge on any atom is -0.308 e. The fraction of sp³-hybridized carbons (Fsp3) is 0.121. The van der Waals surface area contributed by atoms with E-state index in [1.54, 1.807) is 0 Å². The second kappa shape index (κ2) is 6.28. The lowest BCUT2D eigenvalue weighted by Gasteiger charge is -2.39. The minimum atomic E-state index is 0.896. The van der Waals surface area contributed by atoms with Crippen LogP contribution in [0.2, 0.25) is 0 Å². The molecule has 0 N–H and O–H groups in total. The number of fused-ring (bicyclic) bond motifs is 12. The Morgan fingerprint density at radius 2 is 1.29 bits per heavy atom. The molecule has 0 saturated carbocycles. The lowest BCUT2D eigenvalue weighted by atomic mass is 9.85. The van der Waals surface area contributed by atoms with Crippen LogP contribution in [-0.4, -0.2) is 4.98 Å². The summed E-state index contributed by atoms with van der Waals surface area (Å²) in [5.41, 5.74) is 21.1. The molecule has 2 aliphatic carbocycles. The monoisotopic (exact) mass is 446 g/mol. The summed E-state index contributed by atoms with van der Waals surface area (Å²) in [7, 11) is 0. The van der Waals surface area contributed by atoms with E-state index in [1.807, 2.05) is 6.20 Å². The molecular formula is C33H22N2. The molecule has 0 atom stereocenters. The third kappa shape index (κ3) is 2.23. The Labute approximate surface area is 204 Å². The van der Waals surface area contributed by atoms with Crippen LogP contribution in [0, 0.1) is 0 Å². The van der Waals surface area contributed by atoms with Crippen molar-refractivity contribution in [3.8, 4) is 22.3 Å². The van der Waals surface area contributed by atoms with Crippen molar-refractivity contribution in [2.24, 2.45) is 0 Å². The van der Waals surface area contributed by atoms with Gasteiger partial charge in [-0.3, -0.25) is 4.98 Å². The highest BCUT2D eigenvalue weighted by molar-refractivity contribution is 5.96. The van der Waals surface area contributed by atoms with Gasteiger partial charge in [-0.1, -0.05) is 60.7 Å². The molecule has 2 aliphatic heterocycles. The minimum absolute atomic E-state index is 0.896. The van der Waals surface area contributed by atoms with Crippen molar-refractivity contribution in [2.75, 3.05) is 4.90 Å². The van der Waals surface area contributed by atoms with Gasteiger partial charge >= 0.3 is 0 Å². The van der Waals surface area contributed by atoms with Crippen LogP contribution in [-0.2, 0) is 25.7 Å². The van der Waals surface area contributed by atoms with Crippen LogP contribution in [0.3, 0.4) is 0 Å². The smallest absolute Gasteiger partial charge is 0.0716 e. The van der Waals surface area contributed by atoms with Gasteiger partial charge < -0.3 is 4.90 Å². The predicted molar refractivity (Wildman–Crippen MR) is 141 cm³/mol. The summed E-state index contributed by atoms with van der Waals surface area (Å²) in [5.74, 6) is 0. The highest BCUT2D eigenvalue weighted by Gasteiger charge is 2.36. The van der Waals surface area contributed by atoms with E-state index in [0.717, 1.165) is 25.7 Å². The molecule has 2 nitrogen and oxygen atoms in total. The number of hydrogen-bond acceptors (Lipinski definition) is 2. The average Bonchev–Trinajstić information content (AvgIpc) is 3.47. The zero-order valence-electron chi connectivity index (χ0n) is 19.3. The molecule has 3 heterocycles. The van der Waals surface area contributed by atoms with Crippen LogP contribution in [0.5, 0.6) is 0 Å². The van der Waals surface area contributed by atoms with E-state index in [2.05, 4.69) is 83.8 Å². The first-order chi connectivity index (χ1) is 17.3. The van der Waals surface area contributed by atoms with Gasteiger partial charge in [0.25, 0.3) is 0 Å². The van der Waals surface area contributed by atoms with Crippen LogP contribution < -0.4 is 4.90 Å². The Kier molecular flexibility index (Phi) is 3.27. The van der Waals surface area contributed by atoms with E-state index in [0.29, 0.717) is 0 Å². The second-order valence-electron chi connectivity index (χ2n) is 10.3. The molecule has 0 spiro atoms. The van der Waals surface area contributed by atoms with Crippen molar-refractivity contribution < 1.29 is 0 Å². The van der Waals surface area contributed by atoms with Crippen molar-refractivity contribution in [1.29, 1.82) is 0 Å². The van der Waals surface area contributed by atoms with Crippen molar-refractivity contribution in [3.63, 3.8) is 0 Å². The van der Waals surface area contributed by atoms with E-state index < -0.39 is 0 Å². The molecule has 4 aliphatic rings. The van der Waals surface area contributed by atoms with Crippen molar-refractivity contribution in [3.05, 3.63) is 130 Å². The number of hydrogen-bond donors (Lipinski definition) is 0. The first-order valence-electron chi connectivity index (χ1n) is 12.6. The Hall–Kier alpha value is -4.17. The van der Waals surface area contributed by atoms with Gasteiger partial charge in [0.05, 0.1) is 17.1 Å². The number of rotatable bonds is 0. The fourth-order valence-corrected chi connectivity index (χ4v) is 7.18. The van der Waals surface area contributed by atoms with Crippen LogP contribution in [0.15, 0.2) is 85.1 Å². The number of pyridine rings is 1. The third-order valence-corrected chi connectivity index (χ3v) is 8.58. The van der Waals surface area contributed by atoms with E-state index in [4.69, 9.17) is 4.98 Å². The van der Waals surface area contributed by atoms with E-state index in [-0.39, 0.29) is 0 Å². The summed E-state index contributed by atoms with van der Waals surface area (Å²) in [6.45, 7) is 0. The maximum absolute atomic E-state index is 4.91. The number of nitrogens with zero attached hydrogens (tertiary/aromatic N) is 2. The summed E-state index contributed by atoms with van der Waals surface area (Å²) < 4.78 is 0. The van der Waals surface area contributed by atoms with Gasteiger partial charge in [0, 0.05) is 24.7 Å². The fourth-order valence-electron chi connectivity index (χ4n) is 7.18. The van der Waals surface area contributed by atoms with Crippen LogP contribution in [0.1, 0.15) is 44.6 Å². The van der Waals surface area contributed by atoms with Gasteiger partial charge in [-0.25, -0.2) is 0 Å². The lowest BCUT2D eigenvalue weighted by molar-refractivity contribution is 0.961. The number of para-hydroxylation sites is 1. The van der Waals surface area contributed by atoms with Gasteiger partial charge in [0.15, 0.2) is 0 Å². The van der Waals surface area contributed by atoms with Crippen LogP contribution in [0.25, 0.3) is 22.3 Å². The summed E-state index contributed by atoms with van der Waals surface area (Å²) in [4.78, 5) is 7.41. The highest BCUT2D eigenvalue weighted by atomic mass is 15.2. The molecule has 0 unspecified atom stereocenters. The Balaban J connectivity index is 1.31. The second-order valence-corrected chi connectivity index (χ2v) is 10.3. The molecule has 0 fully saturated rings. The zero-order chi connectivity index (χ0) is 22.7. The molecule has 2 heteroatoms. The van der Waals surface area contributed by atoms with Gasteiger partial charge in [0.1, 0.15) is 0 Å². The SMILES string of the molecule is c1ccc2c(c1)Cc1ccc3c(c1-2)Cc1ccc2c(c1-3)Cc1nccc3c1N2c1ccccc1C3. The van der Waals surface area contributed by atoms with E-state index in [9.17, 15) is 0 Å². The van der Waals surface area contributed by atoms with E-state index in [1.165, 1.54) is 84.0 Å². The lowest BCUT2D eigenvalue weighted by Crippen LogP contribution is -2.25. The van der Waals surface area contributed by atoms with Crippen LogP contribution in [0.4, 0.5) is 17.1 Å². The number of anilines is 3. The molecule has 4 aromatic carbocycles. The molecule has 0 radical (unpaired) electrons. The number of aromatic nitrogens is 1. The van der Waals surface area contributed by atoms with Gasteiger partial charge in [-0.05, 0) is 92.2 Å². The van der Waals surface area contributed by atoms with Gasteiger partial charge in [-0.2, -0.15) is 0 Å². The molecule has 0 bridgehead atoms. The van der Waals surface area contributed by atoms with E-state index >= 15 is 0 Å². The van der Waals surface area contributed by atoms with Crippen molar-refractivity contribution in [1.82, 2.24) is 4.98 Å². The normalized spacial score (nSPS) is 14.9. The molecular weight excluding hydrogens is 424 g/mol. The quantitative estimate of drug-likeness (QED) is 0.240. The topological polar surface area (TPSA) is 16.1 Å². The molecule has 0 saturated heterocycles. The first kappa shape index (κ1) is 18.2. The third-order valence-electron chi connectivity index (χ3n) is 8.58. The summed E-state index contributed by atoms with van der Waals surface area (Å²) in [6, 6.07) is 29.6. The summed E-state index contributed by atoms with van der Waals surface area (Å²) in [6.07, 6.45) is 5.95. The Bertz CT molecular complexity index is 1760. The molecule has 1 aromatic heterocycles. The standard InChI is InChI=1S/C33H22N2/c1-3-7-24-19(5-1)15-21-9-11-25-26(31(21)24)17-22-10-12-30-27(32(22)25)18-28-33-23(13-14-34-28)16-20-6-2-4-8-29(20)35(30)33/h1-14H,15-18H2. The Morgan fingerprint density at radius 3 is 2.26 bits per heavy atom. The van der Waals surface area contributed by atoms with Crippen LogP contribution >= 0.6 is 0 Å². The molecule has 5 aromatic rings.